The number of carbonyl (C=O) groups excluding carboxylic acids is 1. The summed E-state index contributed by atoms with van der Waals surface area (Å²) >= 11 is 0. The first kappa shape index (κ1) is 14.5. The number of amides is 2. The molecule has 5 heteroatoms. The van der Waals surface area contributed by atoms with Crippen molar-refractivity contribution in [2.24, 2.45) is 10.8 Å². The van der Waals surface area contributed by atoms with Crippen LogP contribution in [0.3, 0.4) is 0 Å². The molecule has 5 nitrogen and oxygen atoms in total. The van der Waals surface area contributed by atoms with Crippen LogP contribution in [-0.2, 0) is 5.41 Å². The second kappa shape index (κ2) is 6.05. The molecule has 0 atom stereocenters. The Morgan fingerprint density at radius 1 is 1.30 bits per heavy atom. The second-order valence-corrected chi connectivity index (χ2v) is 5.42. The molecule has 1 saturated heterocycles. The molecule has 0 aromatic heterocycles. The van der Waals surface area contributed by atoms with E-state index in [0.717, 1.165) is 31.6 Å². The monoisotopic (exact) mass is 274 g/mol. The van der Waals surface area contributed by atoms with Gasteiger partial charge in [0.2, 0.25) is 0 Å². The highest BCUT2D eigenvalue weighted by atomic mass is 16.2. The summed E-state index contributed by atoms with van der Waals surface area (Å²) in [5.41, 5.74) is 9.52. The Morgan fingerprint density at radius 2 is 1.90 bits per heavy atom. The fourth-order valence-corrected chi connectivity index (χ4v) is 2.86. The van der Waals surface area contributed by atoms with Crippen LogP contribution in [0.1, 0.15) is 25.3 Å². The largest absolute Gasteiger partial charge is 0.350 e. The minimum Gasteiger partial charge on any atom is -0.350 e. The van der Waals surface area contributed by atoms with Crippen molar-refractivity contribution in [3.05, 3.63) is 35.9 Å². The zero-order valence-corrected chi connectivity index (χ0v) is 12.1. The molecular formula is C15H22N4O. The first-order valence-corrected chi connectivity index (χ1v) is 6.89. The molecule has 2 rings (SSSR count). The molecule has 0 spiro atoms. The number of hydrogen-bond donors (Lipinski definition) is 2. The molecule has 0 saturated carbocycles. The van der Waals surface area contributed by atoms with Gasteiger partial charge in [-0.15, -0.1) is 0 Å². The van der Waals surface area contributed by atoms with Crippen molar-refractivity contribution in [3.8, 4) is 0 Å². The van der Waals surface area contributed by atoms with E-state index in [1.165, 1.54) is 5.56 Å². The molecule has 0 unspecified atom stereocenters. The lowest BCUT2D eigenvalue weighted by Crippen LogP contribution is -2.46. The fourth-order valence-electron chi connectivity index (χ4n) is 2.86. The Hall–Kier alpha value is -1.88. The van der Waals surface area contributed by atoms with E-state index in [2.05, 4.69) is 34.6 Å². The smallest absolute Gasteiger partial charge is 0.332 e. The summed E-state index contributed by atoms with van der Waals surface area (Å²) < 4.78 is 0. The van der Waals surface area contributed by atoms with Crippen molar-refractivity contribution >= 4 is 11.7 Å². The summed E-state index contributed by atoms with van der Waals surface area (Å²) in [6, 6.07) is 9.75. The number of benzene rings is 1. The Labute approximate surface area is 119 Å². The third-order valence-electron chi connectivity index (χ3n) is 4.19. The fraction of sp³-hybridized carbons (Fsp3) is 0.467. The number of nitrogens with one attached hydrogen (secondary N) is 1. The van der Waals surface area contributed by atoms with E-state index < -0.39 is 6.03 Å². The molecule has 3 N–H and O–H groups in total. The summed E-state index contributed by atoms with van der Waals surface area (Å²) in [6.07, 6.45) is 1.98. The number of hydrogen-bond acceptors (Lipinski definition) is 3. The van der Waals surface area contributed by atoms with Crippen LogP contribution >= 0.6 is 0 Å². The number of nitrogens with two attached hydrogens (primary N) is 1. The summed E-state index contributed by atoms with van der Waals surface area (Å²) in [5, 5.41) is 4.19. The topological polar surface area (TPSA) is 70.7 Å². The number of hydrazone groups is 1. The molecule has 1 aromatic carbocycles. The first-order chi connectivity index (χ1) is 9.54. The zero-order chi connectivity index (χ0) is 14.6. The van der Waals surface area contributed by atoms with Gasteiger partial charge in [-0.3, -0.25) is 0 Å². The van der Waals surface area contributed by atoms with Gasteiger partial charge in [0.15, 0.2) is 0 Å². The number of likely N-dealkylation sites (tertiary alicyclic amines) is 1. The molecule has 0 aliphatic carbocycles. The molecule has 1 aromatic rings. The minimum absolute atomic E-state index is 0.115. The molecule has 2 amide bonds. The average Bonchev–Trinajstić information content (AvgIpc) is 2.47. The van der Waals surface area contributed by atoms with Crippen LogP contribution in [0.4, 0.5) is 4.79 Å². The predicted molar refractivity (Wildman–Crippen MR) is 80.7 cm³/mol. The van der Waals surface area contributed by atoms with Crippen LogP contribution < -0.4 is 11.2 Å². The van der Waals surface area contributed by atoms with Crippen molar-refractivity contribution < 1.29 is 4.79 Å². The quantitative estimate of drug-likeness (QED) is 0.650. The lowest BCUT2D eigenvalue weighted by atomic mass is 9.70. The van der Waals surface area contributed by atoms with Gasteiger partial charge in [0.25, 0.3) is 0 Å². The summed E-state index contributed by atoms with van der Waals surface area (Å²) in [4.78, 5) is 13.2. The highest BCUT2D eigenvalue weighted by Gasteiger charge is 2.38. The van der Waals surface area contributed by atoms with Gasteiger partial charge in [-0.25, -0.2) is 10.2 Å². The van der Waals surface area contributed by atoms with Crippen LogP contribution in [0.5, 0.6) is 0 Å². The highest BCUT2D eigenvalue weighted by Crippen LogP contribution is 2.36. The Bertz CT molecular complexity index is 490. The summed E-state index contributed by atoms with van der Waals surface area (Å²) in [6.45, 7) is 3.99. The maximum Gasteiger partial charge on any atom is 0.332 e. The van der Waals surface area contributed by atoms with Gasteiger partial charge in [-0.05, 0) is 45.5 Å². The average molecular weight is 274 g/mol. The lowest BCUT2D eigenvalue weighted by molar-refractivity contribution is 0.227. The van der Waals surface area contributed by atoms with Gasteiger partial charge >= 0.3 is 6.03 Å². The first-order valence-electron chi connectivity index (χ1n) is 6.89. The number of carbonyl (C=O) groups is 1. The van der Waals surface area contributed by atoms with Gasteiger partial charge < -0.3 is 10.6 Å². The standard InChI is InChI=1S/C15H22N4O/c1-12(17-18-14(16)20)15(8-10-19(2)11-9-15)13-6-4-3-5-7-13/h3-7H,8-11H2,1-2H3,(H3,16,18,20)/b17-12+. The lowest BCUT2D eigenvalue weighted by Gasteiger charge is -2.41. The van der Waals surface area contributed by atoms with Crippen LogP contribution in [0.25, 0.3) is 0 Å². The third-order valence-corrected chi connectivity index (χ3v) is 4.19. The number of piperidine rings is 1. The third kappa shape index (κ3) is 2.99. The maximum atomic E-state index is 10.9. The van der Waals surface area contributed by atoms with Crippen LogP contribution in [0.15, 0.2) is 35.4 Å². The van der Waals surface area contributed by atoms with Crippen molar-refractivity contribution in [3.63, 3.8) is 0 Å². The Kier molecular flexibility index (Phi) is 4.39. The summed E-state index contributed by atoms with van der Waals surface area (Å²) in [5.74, 6) is 0. The molecule has 1 aliphatic rings. The van der Waals surface area contributed by atoms with E-state index >= 15 is 0 Å². The Morgan fingerprint density at radius 3 is 2.45 bits per heavy atom. The summed E-state index contributed by atoms with van der Waals surface area (Å²) in [7, 11) is 2.13. The van der Waals surface area contributed by atoms with Crippen molar-refractivity contribution in [2.45, 2.75) is 25.2 Å². The molecule has 0 radical (unpaired) electrons. The van der Waals surface area contributed by atoms with Gasteiger partial charge in [-0.1, -0.05) is 30.3 Å². The normalized spacial score (nSPS) is 19.6. The molecule has 1 heterocycles. The minimum atomic E-state index is -0.625. The zero-order valence-electron chi connectivity index (χ0n) is 12.1. The number of urea groups is 1. The second-order valence-electron chi connectivity index (χ2n) is 5.42. The van der Waals surface area contributed by atoms with Crippen LogP contribution in [0.2, 0.25) is 0 Å². The van der Waals surface area contributed by atoms with Gasteiger partial charge in [0.05, 0.1) is 0 Å². The van der Waals surface area contributed by atoms with Gasteiger partial charge in [0, 0.05) is 11.1 Å². The van der Waals surface area contributed by atoms with Crippen LogP contribution in [-0.4, -0.2) is 36.8 Å². The molecule has 1 aliphatic heterocycles. The number of nitrogens with zero attached hydrogens (tertiary/aromatic N) is 2. The number of rotatable bonds is 3. The highest BCUT2D eigenvalue weighted by molar-refractivity contribution is 5.94. The van der Waals surface area contributed by atoms with E-state index in [4.69, 9.17) is 5.73 Å². The molecule has 20 heavy (non-hydrogen) atoms. The molecular weight excluding hydrogens is 252 g/mol. The molecule has 1 fully saturated rings. The SMILES string of the molecule is C/C(=N\NC(N)=O)C1(c2ccccc2)CCN(C)CC1. The molecule has 108 valence electrons. The predicted octanol–water partition coefficient (Wildman–Crippen LogP) is 1.69. The van der Waals surface area contributed by atoms with Crippen LogP contribution in [0, 0.1) is 0 Å². The maximum absolute atomic E-state index is 10.9. The van der Waals surface area contributed by atoms with Crippen molar-refractivity contribution in [1.82, 2.24) is 10.3 Å². The molecule has 0 bridgehead atoms. The Balaban J connectivity index is 2.34. The van der Waals surface area contributed by atoms with E-state index in [-0.39, 0.29) is 5.41 Å². The van der Waals surface area contributed by atoms with E-state index in [1.807, 2.05) is 25.1 Å². The number of primary amides is 1. The van der Waals surface area contributed by atoms with E-state index in [0.29, 0.717) is 0 Å². The van der Waals surface area contributed by atoms with Crippen molar-refractivity contribution in [2.75, 3.05) is 20.1 Å². The van der Waals surface area contributed by atoms with E-state index in [9.17, 15) is 4.79 Å². The van der Waals surface area contributed by atoms with E-state index in [1.54, 1.807) is 0 Å². The van der Waals surface area contributed by atoms with Gasteiger partial charge in [0.1, 0.15) is 0 Å². The van der Waals surface area contributed by atoms with Crippen molar-refractivity contribution in [1.29, 1.82) is 0 Å². The van der Waals surface area contributed by atoms with Gasteiger partial charge in [-0.2, -0.15) is 5.10 Å².